The fourth-order valence-electron chi connectivity index (χ4n) is 4.16. The zero-order chi connectivity index (χ0) is 22.6. The van der Waals surface area contributed by atoms with Gasteiger partial charge >= 0.3 is 0 Å². The van der Waals surface area contributed by atoms with Crippen LogP contribution < -0.4 is 0 Å². The maximum absolute atomic E-state index is 14.1. The summed E-state index contributed by atoms with van der Waals surface area (Å²) in [4.78, 5) is 18.8. The van der Waals surface area contributed by atoms with Gasteiger partial charge in [-0.2, -0.15) is 5.10 Å². The van der Waals surface area contributed by atoms with Crippen LogP contribution in [0.4, 0.5) is 17.6 Å². The Labute approximate surface area is 179 Å². The van der Waals surface area contributed by atoms with Gasteiger partial charge in [-0.25, -0.2) is 17.6 Å². The van der Waals surface area contributed by atoms with Gasteiger partial charge < -0.3 is 4.90 Å². The second kappa shape index (κ2) is 7.44. The molecule has 162 valence electrons. The second-order valence-corrected chi connectivity index (χ2v) is 7.66. The van der Waals surface area contributed by atoms with Gasteiger partial charge in [-0.3, -0.25) is 14.5 Å². The summed E-state index contributed by atoms with van der Waals surface area (Å²) in [6.45, 7) is 0.496. The maximum atomic E-state index is 14.1. The number of carbonyl (C=O) groups is 1. The van der Waals surface area contributed by atoms with Gasteiger partial charge in [0.1, 0.15) is 5.82 Å². The molecule has 1 amide bonds. The molecule has 3 heterocycles. The van der Waals surface area contributed by atoms with Crippen molar-refractivity contribution < 1.29 is 22.4 Å². The minimum Gasteiger partial charge on any atom is -0.332 e. The van der Waals surface area contributed by atoms with E-state index in [4.69, 9.17) is 0 Å². The number of fused-ring (bicyclic) bond motifs is 2. The lowest BCUT2D eigenvalue weighted by Gasteiger charge is -2.26. The van der Waals surface area contributed by atoms with Gasteiger partial charge in [0, 0.05) is 36.3 Å². The molecule has 0 N–H and O–H groups in total. The molecule has 2 aromatic heterocycles. The zero-order valence-electron chi connectivity index (χ0n) is 16.9. The molecule has 2 aromatic carbocycles. The number of nitrogens with zero attached hydrogens (tertiary/aromatic N) is 4. The molecule has 0 saturated heterocycles. The molecule has 9 heteroatoms. The van der Waals surface area contributed by atoms with Gasteiger partial charge in [-0.05, 0) is 36.8 Å². The summed E-state index contributed by atoms with van der Waals surface area (Å²) in [6, 6.07) is 7.86. The van der Waals surface area contributed by atoms with E-state index in [9.17, 15) is 22.4 Å². The molecular weight excluding hydrogens is 424 g/mol. The van der Waals surface area contributed by atoms with E-state index in [1.54, 1.807) is 24.1 Å². The van der Waals surface area contributed by atoms with Crippen molar-refractivity contribution in [2.24, 2.45) is 7.05 Å². The van der Waals surface area contributed by atoms with Crippen LogP contribution in [0.3, 0.4) is 0 Å². The molecule has 0 unspecified atom stereocenters. The number of pyridine rings is 1. The Hall–Kier alpha value is -3.75. The standard InChI is InChI=1S/C23H16F4N4O/c1-30-22(12-8-17(25)21(27)18(26)9-12)14-5-6-31(11-20(14)29-30)23(32)13-7-15-16(24)3-2-4-19(15)28-10-13/h2-4,7-10H,5-6,11H2,1H3. The van der Waals surface area contributed by atoms with Crippen molar-refractivity contribution in [2.45, 2.75) is 13.0 Å². The van der Waals surface area contributed by atoms with Gasteiger partial charge in [-0.15, -0.1) is 0 Å². The van der Waals surface area contributed by atoms with Crippen LogP contribution in [0, 0.1) is 23.3 Å². The Morgan fingerprint density at radius 2 is 1.78 bits per heavy atom. The molecule has 1 aliphatic heterocycles. The third-order valence-corrected chi connectivity index (χ3v) is 5.66. The molecule has 1 aliphatic rings. The molecule has 0 bridgehead atoms. The average molecular weight is 440 g/mol. The number of aromatic nitrogens is 3. The van der Waals surface area contributed by atoms with Gasteiger partial charge in [0.2, 0.25) is 0 Å². The summed E-state index contributed by atoms with van der Waals surface area (Å²) >= 11 is 0. The first kappa shape index (κ1) is 20.2. The summed E-state index contributed by atoms with van der Waals surface area (Å²) in [5.74, 6) is -4.86. The molecule has 5 rings (SSSR count). The average Bonchev–Trinajstić information content (AvgIpc) is 3.11. The molecular formula is C23H16F4N4O. The lowest BCUT2D eigenvalue weighted by atomic mass is 9.99. The highest BCUT2D eigenvalue weighted by molar-refractivity contribution is 5.97. The van der Waals surface area contributed by atoms with Gasteiger partial charge in [0.05, 0.1) is 29.0 Å². The van der Waals surface area contributed by atoms with Crippen LogP contribution in [0.25, 0.3) is 22.2 Å². The Balaban J connectivity index is 1.47. The Kier molecular flexibility index (Phi) is 4.69. The minimum atomic E-state index is -1.53. The van der Waals surface area contributed by atoms with E-state index in [0.717, 1.165) is 17.7 Å². The normalized spacial score (nSPS) is 13.5. The second-order valence-electron chi connectivity index (χ2n) is 7.66. The number of rotatable bonds is 2. The maximum Gasteiger partial charge on any atom is 0.255 e. The highest BCUT2D eigenvalue weighted by atomic mass is 19.2. The van der Waals surface area contributed by atoms with Crippen molar-refractivity contribution in [2.75, 3.05) is 6.54 Å². The highest BCUT2D eigenvalue weighted by Gasteiger charge is 2.28. The van der Waals surface area contributed by atoms with E-state index < -0.39 is 23.3 Å². The number of hydrogen-bond acceptors (Lipinski definition) is 3. The van der Waals surface area contributed by atoms with Gasteiger partial charge in [0.25, 0.3) is 5.91 Å². The third kappa shape index (κ3) is 3.21. The van der Waals surface area contributed by atoms with Gasteiger partial charge in [-0.1, -0.05) is 6.07 Å². The van der Waals surface area contributed by atoms with Crippen LogP contribution in [0.15, 0.2) is 42.6 Å². The number of carbonyl (C=O) groups excluding carboxylic acids is 1. The number of benzene rings is 2. The molecule has 5 nitrogen and oxygen atoms in total. The number of amides is 1. The molecule has 0 aliphatic carbocycles. The molecule has 0 spiro atoms. The van der Waals surface area contributed by atoms with Crippen molar-refractivity contribution in [3.05, 3.63) is 82.7 Å². The first-order chi connectivity index (χ1) is 15.3. The number of halogens is 4. The SMILES string of the molecule is Cn1nc2c(c1-c1cc(F)c(F)c(F)c1)CCN(C(=O)c1cnc3cccc(F)c3c1)C2. The van der Waals surface area contributed by atoms with E-state index in [1.165, 1.54) is 23.0 Å². The van der Waals surface area contributed by atoms with Crippen molar-refractivity contribution in [3.63, 3.8) is 0 Å². The molecule has 0 atom stereocenters. The molecule has 0 saturated carbocycles. The first-order valence-corrected chi connectivity index (χ1v) is 9.86. The largest absolute Gasteiger partial charge is 0.332 e. The Bertz CT molecular complexity index is 1380. The van der Waals surface area contributed by atoms with E-state index >= 15 is 0 Å². The Morgan fingerprint density at radius 1 is 1.03 bits per heavy atom. The van der Waals surface area contributed by atoms with Crippen molar-refractivity contribution in [1.29, 1.82) is 0 Å². The van der Waals surface area contributed by atoms with Crippen LogP contribution in [0.2, 0.25) is 0 Å². The van der Waals surface area contributed by atoms with Crippen molar-refractivity contribution >= 4 is 16.8 Å². The first-order valence-electron chi connectivity index (χ1n) is 9.86. The van der Waals surface area contributed by atoms with Crippen LogP contribution in [-0.2, 0) is 20.0 Å². The van der Waals surface area contributed by atoms with Crippen LogP contribution in [-0.4, -0.2) is 32.1 Å². The fraction of sp³-hybridized carbons (Fsp3) is 0.174. The molecule has 4 aromatic rings. The Morgan fingerprint density at radius 3 is 2.53 bits per heavy atom. The van der Waals surface area contributed by atoms with Crippen LogP contribution in [0.5, 0.6) is 0 Å². The molecule has 32 heavy (non-hydrogen) atoms. The van der Waals surface area contributed by atoms with Crippen LogP contribution >= 0.6 is 0 Å². The van der Waals surface area contributed by atoms with E-state index in [1.807, 2.05) is 0 Å². The predicted octanol–water partition coefficient (Wildman–Crippen LogP) is 4.39. The summed E-state index contributed by atoms with van der Waals surface area (Å²) in [5.41, 5.74) is 2.67. The smallest absolute Gasteiger partial charge is 0.255 e. The van der Waals surface area contributed by atoms with Crippen LogP contribution in [0.1, 0.15) is 21.6 Å². The fourth-order valence-corrected chi connectivity index (χ4v) is 4.16. The van der Waals surface area contributed by atoms with E-state index in [-0.39, 0.29) is 29.0 Å². The molecule has 0 fully saturated rings. The van der Waals surface area contributed by atoms with Gasteiger partial charge in [0.15, 0.2) is 17.5 Å². The topological polar surface area (TPSA) is 51.0 Å². The van der Waals surface area contributed by atoms with Crippen molar-refractivity contribution in [3.8, 4) is 11.3 Å². The lowest BCUT2D eigenvalue weighted by molar-refractivity contribution is 0.0732. The minimum absolute atomic E-state index is 0.170. The zero-order valence-corrected chi connectivity index (χ0v) is 16.9. The summed E-state index contributed by atoms with van der Waals surface area (Å²) in [5, 5.41) is 4.67. The number of hydrogen-bond donors (Lipinski definition) is 0. The summed E-state index contributed by atoms with van der Waals surface area (Å²) in [7, 11) is 1.62. The quantitative estimate of drug-likeness (QED) is 0.343. The lowest BCUT2D eigenvalue weighted by Crippen LogP contribution is -2.36. The third-order valence-electron chi connectivity index (χ3n) is 5.66. The van der Waals surface area contributed by atoms with E-state index in [2.05, 4.69) is 10.1 Å². The summed E-state index contributed by atoms with van der Waals surface area (Å²) < 4.78 is 56.5. The van der Waals surface area contributed by atoms with E-state index in [0.29, 0.717) is 29.9 Å². The summed E-state index contributed by atoms with van der Waals surface area (Å²) in [6.07, 6.45) is 1.80. The monoisotopic (exact) mass is 440 g/mol. The molecule has 0 radical (unpaired) electrons. The highest BCUT2D eigenvalue weighted by Crippen LogP contribution is 2.32. The number of aryl methyl sites for hydroxylation is 1. The predicted molar refractivity (Wildman–Crippen MR) is 109 cm³/mol. The van der Waals surface area contributed by atoms with Crippen molar-refractivity contribution in [1.82, 2.24) is 19.7 Å².